The average Bonchev–Trinajstić information content (AvgIpc) is 2.65. The number of rotatable bonds is 13. The maximum atomic E-state index is 5.55. The molecule has 0 aromatic carbocycles. The van der Waals surface area contributed by atoms with Crippen molar-refractivity contribution in [3.8, 4) is 0 Å². The highest BCUT2D eigenvalue weighted by Gasteiger charge is 2.17. The third-order valence-electron chi connectivity index (χ3n) is 4.73. The maximum Gasteiger partial charge on any atom is 0.191 e. The van der Waals surface area contributed by atoms with Gasteiger partial charge in [0.15, 0.2) is 5.96 Å². The smallest absolute Gasteiger partial charge is 0.191 e. The Bertz CT molecular complexity index is 340. The monoisotopic (exact) mass is 484 g/mol. The zero-order valence-corrected chi connectivity index (χ0v) is 19.4. The van der Waals surface area contributed by atoms with Crippen LogP contribution in [0.3, 0.4) is 0 Å². The van der Waals surface area contributed by atoms with Gasteiger partial charge in [-0.2, -0.15) is 0 Å². The number of nitrogens with zero attached hydrogens (tertiary/aromatic N) is 2. The van der Waals surface area contributed by atoms with Crippen molar-refractivity contribution >= 4 is 29.9 Å². The topological polar surface area (TPSA) is 58.1 Å². The Morgan fingerprint density at radius 3 is 2.31 bits per heavy atom. The molecule has 0 aromatic rings. The van der Waals surface area contributed by atoms with Crippen LogP contribution >= 0.6 is 24.0 Å². The second-order valence-corrected chi connectivity index (χ2v) is 6.78. The molecule has 156 valence electrons. The van der Waals surface area contributed by atoms with E-state index in [1.54, 1.807) is 0 Å². The first-order valence-corrected chi connectivity index (χ1v) is 10.1. The van der Waals surface area contributed by atoms with E-state index in [9.17, 15) is 0 Å². The summed E-state index contributed by atoms with van der Waals surface area (Å²) in [5, 5.41) is 6.67. The SMILES string of the molecule is CCCCOCCOCCNC(=NC)NCCN(C)C1CCCCC1.I. The van der Waals surface area contributed by atoms with Crippen molar-refractivity contribution in [2.24, 2.45) is 4.99 Å². The van der Waals surface area contributed by atoms with Gasteiger partial charge >= 0.3 is 0 Å². The third kappa shape index (κ3) is 13.1. The number of hydrogen-bond donors (Lipinski definition) is 2. The molecule has 6 nitrogen and oxygen atoms in total. The molecule has 1 rings (SSSR count). The Morgan fingerprint density at radius 1 is 1.00 bits per heavy atom. The minimum atomic E-state index is 0. The highest BCUT2D eigenvalue weighted by atomic mass is 127. The molecule has 0 aromatic heterocycles. The third-order valence-corrected chi connectivity index (χ3v) is 4.73. The van der Waals surface area contributed by atoms with Crippen molar-refractivity contribution in [1.82, 2.24) is 15.5 Å². The van der Waals surface area contributed by atoms with Gasteiger partial charge < -0.3 is 25.0 Å². The minimum absolute atomic E-state index is 0. The molecule has 1 aliphatic carbocycles. The van der Waals surface area contributed by atoms with E-state index in [0.29, 0.717) is 19.8 Å². The molecular weight excluding hydrogens is 443 g/mol. The molecule has 0 bridgehead atoms. The number of nitrogens with one attached hydrogen (secondary N) is 2. The zero-order chi connectivity index (χ0) is 18.2. The van der Waals surface area contributed by atoms with Crippen molar-refractivity contribution in [2.75, 3.05) is 60.2 Å². The van der Waals surface area contributed by atoms with Gasteiger partial charge in [0.2, 0.25) is 0 Å². The van der Waals surface area contributed by atoms with Crippen molar-refractivity contribution in [2.45, 2.75) is 57.9 Å². The van der Waals surface area contributed by atoms with Gasteiger partial charge in [0, 0.05) is 39.3 Å². The van der Waals surface area contributed by atoms with Gasteiger partial charge in [-0.15, -0.1) is 24.0 Å². The van der Waals surface area contributed by atoms with Gasteiger partial charge in [-0.05, 0) is 26.3 Å². The highest BCUT2D eigenvalue weighted by molar-refractivity contribution is 14.0. The van der Waals surface area contributed by atoms with Crippen LogP contribution in [0.25, 0.3) is 0 Å². The fraction of sp³-hybridized carbons (Fsp3) is 0.947. The molecule has 26 heavy (non-hydrogen) atoms. The van der Waals surface area contributed by atoms with E-state index in [2.05, 4.69) is 34.5 Å². The van der Waals surface area contributed by atoms with Gasteiger partial charge in [0.25, 0.3) is 0 Å². The van der Waals surface area contributed by atoms with Crippen molar-refractivity contribution in [3.63, 3.8) is 0 Å². The summed E-state index contributed by atoms with van der Waals surface area (Å²) in [4.78, 5) is 6.75. The van der Waals surface area contributed by atoms with E-state index >= 15 is 0 Å². The van der Waals surface area contributed by atoms with Crippen LogP contribution in [0, 0.1) is 0 Å². The number of hydrogen-bond acceptors (Lipinski definition) is 4. The molecule has 0 spiro atoms. The molecule has 0 radical (unpaired) electrons. The Balaban J connectivity index is 0.00000625. The normalized spacial score (nSPS) is 15.8. The van der Waals surface area contributed by atoms with E-state index in [1.165, 1.54) is 38.5 Å². The first-order chi connectivity index (χ1) is 12.3. The zero-order valence-electron chi connectivity index (χ0n) is 17.1. The average molecular weight is 484 g/mol. The lowest BCUT2D eigenvalue weighted by atomic mass is 9.94. The predicted molar refractivity (Wildman–Crippen MR) is 121 cm³/mol. The minimum Gasteiger partial charge on any atom is -0.379 e. The fourth-order valence-corrected chi connectivity index (χ4v) is 3.09. The summed E-state index contributed by atoms with van der Waals surface area (Å²) in [6.45, 7) is 7.73. The largest absolute Gasteiger partial charge is 0.379 e. The van der Waals surface area contributed by atoms with Gasteiger partial charge in [0.1, 0.15) is 0 Å². The second-order valence-electron chi connectivity index (χ2n) is 6.78. The molecule has 0 atom stereocenters. The number of halogens is 1. The lowest BCUT2D eigenvalue weighted by Crippen LogP contribution is -2.44. The summed E-state index contributed by atoms with van der Waals surface area (Å²) >= 11 is 0. The Morgan fingerprint density at radius 2 is 1.65 bits per heavy atom. The summed E-state index contributed by atoms with van der Waals surface area (Å²) in [5.41, 5.74) is 0. The highest BCUT2D eigenvalue weighted by Crippen LogP contribution is 2.21. The van der Waals surface area contributed by atoms with E-state index in [1.807, 2.05) is 7.05 Å². The first kappa shape index (κ1) is 25.9. The van der Waals surface area contributed by atoms with Crippen LogP contribution in [0.15, 0.2) is 4.99 Å². The molecule has 2 N–H and O–H groups in total. The molecule has 0 unspecified atom stereocenters. The van der Waals surface area contributed by atoms with Crippen LogP contribution in [-0.4, -0.2) is 77.1 Å². The van der Waals surface area contributed by atoms with Crippen LogP contribution in [0.5, 0.6) is 0 Å². The van der Waals surface area contributed by atoms with Gasteiger partial charge in [-0.3, -0.25) is 4.99 Å². The Hall–Kier alpha value is -0.120. The summed E-state index contributed by atoms with van der Waals surface area (Å²) in [7, 11) is 4.05. The summed E-state index contributed by atoms with van der Waals surface area (Å²) in [5.74, 6) is 0.847. The Kier molecular flexibility index (Phi) is 18.2. The van der Waals surface area contributed by atoms with E-state index in [0.717, 1.165) is 44.7 Å². The number of guanidine groups is 1. The molecule has 0 amide bonds. The summed E-state index contributed by atoms with van der Waals surface area (Å²) in [6, 6.07) is 0.762. The fourth-order valence-electron chi connectivity index (χ4n) is 3.09. The van der Waals surface area contributed by atoms with E-state index in [4.69, 9.17) is 9.47 Å². The van der Waals surface area contributed by atoms with Crippen LogP contribution in [0.4, 0.5) is 0 Å². The molecule has 7 heteroatoms. The maximum absolute atomic E-state index is 5.55. The van der Waals surface area contributed by atoms with Crippen molar-refractivity contribution in [3.05, 3.63) is 0 Å². The van der Waals surface area contributed by atoms with Gasteiger partial charge in [-0.1, -0.05) is 32.6 Å². The molecule has 0 heterocycles. The predicted octanol–water partition coefficient (Wildman–Crippen LogP) is 2.87. The van der Waals surface area contributed by atoms with Crippen LogP contribution < -0.4 is 10.6 Å². The number of ether oxygens (including phenoxy) is 2. The summed E-state index contributed by atoms with van der Waals surface area (Å²) < 4.78 is 11.0. The molecule has 0 aliphatic heterocycles. The first-order valence-electron chi connectivity index (χ1n) is 10.1. The lowest BCUT2D eigenvalue weighted by molar-refractivity contribution is 0.0487. The van der Waals surface area contributed by atoms with E-state index < -0.39 is 0 Å². The molecular formula is C19H41IN4O2. The van der Waals surface area contributed by atoms with Crippen molar-refractivity contribution in [1.29, 1.82) is 0 Å². The van der Waals surface area contributed by atoms with Crippen LogP contribution in [0.2, 0.25) is 0 Å². The van der Waals surface area contributed by atoms with Crippen LogP contribution in [-0.2, 0) is 9.47 Å². The molecule has 1 aliphatic rings. The van der Waals surface area contributed by atoms with Crippen molar-refractivity contribution < 1.29 is 9.47 Å². The summed E-state index contributed by atoms with van der Waals surface area (Å²) in [6.07, 6.45) is 9.18. The standard InChI is InChI=1S/C19H40N4O2.HI/c1-4-5-14-24-16-17-25-15-12-22-19(20-2)21-11-13-23(3)18-9-7-6-8-10-18;/h18H,4-17H2,1-3H3,(H2,20,21,22);1H. The lowest BCUT2D eigenvalue weighted by Gasteiger charge is -2.31. The second kappa shape index (κ2) is 18.3. The van der Waals surface area contributed by atoms with Gasteiger partial charge in [0.05, 0.1) is 19.8 Å². The number of aliphatic imine (C=N–C) groups is 1. The Labute approximate surface area is 177 Å². The molecule has 0 saturated heterocycles. The molecule has 1 fully saturated rings. The van der Waals surface area contributed by atoms with Crippen LogP contribution in [0.1, 0.15) is 51.9 Å². The van der Waals surface area contributed by atoms with Gasteiger partial charge in [-0.25, -0.2) is 0 Å². The number of likely N-dealkylation sites (N-methyl/N-ethyl adjacent to an activating group) is 1. The number of unbranched alkanes of at least 4 members (excludes halogenated alkanes) is 1. The quantitative estimate of drug-likeness (QED) is 0.182. The molecule has 1 saturated carbocycles. The van der Waals surface area contributed by atoms with E-state index in [-0.39, 0.29) is 24.0 Å².